The third-order valence-electron chi connectivity index (χ3n) is 2.37. The van der Waals surface area contributed by atoms with Crippen LogP contribution in [0.1, 0.15) is 25.2 Å². The van der Waals surface area contributed by atoms with Gasteiger partial charge in [-0.05, 0) is 18.6 Å². The summed E-state index contributed by atoms with van der Waals surface area (Å²) in [7, 11) is 0. The van der Waals surface area contributed by atoms with E-state index in [0.717, 1.165) is 18.1 Å². The van der Waals surface area contributed by atoms with Gasteiger partial charge in [0.25, 0.3) is 0 Å². The lowest BCUT2D eigenvalue weighted by Crippen LogP contribution is -2.12. The zero-order valence-electron chi connectivity index (χ0n) is 9.14. The first kappa shape index (κ1) is 10.5. The highest BCUT2D eigenvalue weighted by Gasteiger charge is 2.11. The molecule has 0 aliphatic carbocycles. The van der Waals surface area contributed by atoms with E-state index in [9.17, 15) is 0 Å². The molecule has 0 radical (unpaired) electrons. The number of rotatable bonds is 4. The molecule has 5 heteroatoms. The Morgan fingerprint density at radius 1 is 1.44 bits per heavy atom. The number of pyridine rings is 1. The van der Waals surface area contributed by atoms with Crippen molar-refractivity contribution in [2.45, 2.75) is 19.4 Å². The fourth-order valence-corrected chi connectivity index (χ4v) is 1.50. The van der Waals surface area contributed by atoms with Crippen LogP contribution >= 0.6 is 0 Å². The average Bonchev–Trinajstić information content (AvgIpc) is 2.82. The van der Waals surface area contributed by atoms with Gasteiger partial charge in [0, 0.05) is 12.4 Å². The van der Waals surface area contributed by atoms with Crippen LogP contribution in [0.4, 0.5) is 11.5 Å². The Bertz CT molecular complexity index is 420. The van der Waals surface area contributed by atoms with E-state index in [1.165, 1.54) is 0 Å². The lowest BCUT2D eigenvalue weighted by atomic mass is 10.2. The maximum absolute atomic E-state index is 5.58. The highest BCUT2D eigenvalue weighted by Crippen LogP contribution is 2.18. The Labute approximate surface area is 94.1 Å². The average molecular weight is 217 g/mol. The number of hydrogen-bond acceptors (Lipinski definition) is 4. The van der Waals surface area contributed by atoms with Crippen LogP contribution in [0.5, 0.6) is 0 Å². The van der Waals surface area contributed by atoms with Gasteiger partial charge in [-0.2, -0.15) is 0 Å². The van der Waals surface area contributed by atoms with Gasteiger partial charge < -0.3 is 16.0 Å². The van der Waals surface area contributed by atoms with Crippen molar-refractivity contribution in [2.24, 2.45) is 0 Å². The smallest absolute Gasteiger partial charge is 0.128 e. The number of hydrogen-bond donors (Lipinski definition) is 3. The number of nitrogen functional groups attached to an aromatic ring is 1. The minimum Gasteiger partial charge on any atom is -0.397 e. The maximum atomic E-state index is 5.58. The van der Waals surface area contributed by atoms with E-state index in [1.54, 1.807) is 12.4 Å². The molecule has 0 aromatic carbocycles. The van der Waals surface area contributed by atoms with Crippen molar-refractivity contribution in [1.29, 1.82) is 0 Å². The van der Waals surface area contributed by atoms with Gasteiger partial charge in [-0.3, -0.25) is 0 Å². The van der Waals surface area contributed by atoms with Gasteiger partial charge in [-0.25, -0.2) is 9.97 Å². The molecule has 2 rings (SSSR count). The van der Waals surface area contributed by atoms with Crippen LogP contribution < -0.4 is 11.1 Å². The molecule has 0 amide bonds. The lowest BCUT2D eigenvalue weighted by Gasteiger charge is -2.15. The van der Waals surface area contributed by atoms with Crippen LogP contribution in [0.2, 0.25) is 0 Å². The summed E-state index contributed by atoms with van der Waals surface area (Å²) < 4.78 is 0. The van der Waals surface area contributed by atoms with Crippen molar-refractivity contribution in [3.63, 3.8) is 0 Å². The van der Waals surface area contributed by atoms with Gasteiger partial charge in [-0.15, -0.1) is 0 Å². The summed E-state index contributed by atoms with van der Waals surface area (Å²) in [5.74, 6) is 1.72. The molecule has 0 saturated heterocycles. The Hall–Kier alpha value is -2.04. The van der Waals surface area contributed by atoms with Crippen molar-refractivity contribution < 1.29 is 0 Å². The van der Waals surface area contributed by atoms with Crippen molar-refractivity contribution in [3.05, 3.63) is 36.5 Å². The third-order valence-corrected chi connectivity index (χ3v) is 2.37. The van der Waals surface area contributed by atoms with E-state index < -0.39 is 0 Å². The van der Waals surface area contributed by atoms with E-state index in [4.69, 9.17) is 5.73 Å². The molecule has 0 fully saturated rings. The Balaban J connectivity index is 2.10. The van der Waals surface area contributed by atoms with Crippen LogP contribution in [0.3, 0.4) is 0 Å². The first-order valence-corrected chi connectivity index (χ1v) is 5.27. The molecule has 16 heavy (non-hydrogen) atoms. The molecule has 0 bridgehead atoms. The number of H-pyrrole nitrogens is 1. The molecule has 0 saturated carbocycles. The number of nitrogens with zero attached hydrogens (tertiary/aromatic N) is 2. The fourth-order valence-electron chi connectivity index (χ4n) is 1.50. The summed E-state index contributed by atoms with van der Waals surface area (Å²) in [5, 5.41) is 3.30. The van der Waals surface area contributed by atoms with Crippen LogP contribution in [-0.4, -0.2) is 15.0 Å². The molecule has 0 aliphatic heterocycles. The first-order chi connectivity index (χ1) is 7.79. The molecule has 1 atom stereocenters. The molecule has 5 nitrogen and oxygen atoms in total. The standard InChI is InChI=1S/C11H15N5/c1-2-9(11-13-5-6-14-11)16-10-4-3-8(12)7-15-10/h3-7,9H,2,12H2,1H3,(H,13,14)(H,15,16). The second kappa shape index (κ2) is 4.65. The molecule has 2 heterocycles. The number of aromatic nitrogens is 3. The van der Waals surface area contributed by atoms with E-state index in [1.807, 2.05) is 18.3 Å². The van der Waals surface area contributed by atoms with Gasteiger partial charge in [0.15, 0.2) is 0 Å². The minimum atomic E-state index is 0.145. The predicted molar refractivity (Wildman–Crippen MR) is 63.9 cm³/mol. The van der Waals surface area contributed by atoms with E-state index in [-0.39, 0.29) is 6.04 Å². The quantitative estimate of drug-likeness (QED) is 0.731. The Kier molecular flexibility index (Phi) is 3.05. The van der Waals surface area contributed by atoms with Gasteiger partial charge in [0.2, 0.25) is 0 Å². The molecular formula is C11H15N5. The van der Waals surface area contributed by atoms with Gasteiger partial charge in [0.05, 0.1) is 17.9 Å². The SMILES string of the molecule is CCC(Nc1ccc(N)cn1)c1ncc[nH]1. The number of nitrogens with one attached hydrogen (secondary N) is 2. The van der Waals surface area contributed by atoms with Crippen LogP contribution in [0, 0.1) is 0 Å². The highest BCUT2D eigenvalue weighted by atomic mass is 15.1. The number of imidazole rings is 1. The Morgan fingerprint density at radius 2 is 2.31 bits per heavy atom. The molecule has 1 unspecified atom stereocenters. The topological polar surface area (TPSA) is 79.6 Å². The fraction of sp³-hybridized carbons (Fsp3) is 0.273. The van der Waals surface area contributed by atoms with Crippen molar-refractivity contribution in [1.82, 2.24) is 15.0 Å². The predicted octanol–water partition coefficient (Wildman–Crippen LogP) is 1.95. The van der Waals surface area contributed by atoms with Gasteiger partial charge in [0.1, 0.15) is 11.6 Å². The summed E-state index contributed by atoms with van der Waals surface area (Å²) in [4.78, 5) is 11.5. The molecule has 0 spiro atoms. The van der Waals surface area contributed by atoms with Crippen molar-refractivity contribution >= 4 is 11.5 Å². The molecule has 4 N–H and O–H groups in total. The highest BCUT2D eigenvalue weighted by molar-refractivity contribution is 5.44. The first-order valence-electron chi connectivity index (χ1n) is 5.27. The molecule has 84 valence electrons. The van der Waals surface area contributed by atoms with Gasteiger partial charge in [-0.1, -0.05) is 6.92 Å². The summed E-state index contributed by atoms with van der Waals surface area (Å²) in [6.07, 6.45) is 6.13. The van der Waals surface area contributed by atoms with Crippen molar-refractivity contribution in [3.8, 4) is 0 Å². The number of nitrogens with two attached hydrogens (primary N) is 1. The van der Waals surface area contributed by atoms with Crippen LogP contribution in [-0.2, 0) is 0 Å². The molecule has 2 aromatic heterocycles. The monoisotopic (exact) mass is 217 g/mol. The van der Waals surface area contributed by atoms with E-state index in [2.05, 4.69) is 27.2 Å². The zero-order chi connectivity index (χ0) is 11.4. The third kappa shape index (κ3) is 2.31. The lowest BCUT2D eigenvalue weighted by molar-refractivity contribution is 0.700. The Morgan fingerprint density at radius 3 is 2.88 bits per heavy atom. The normalized spacial score (nSPS) is 12.3. The molecule has 0 aliphatic rings. The summed E-state index contributed by atoms with van der Waals surface area (Å²) in [6, 6.07) is 3.83. The van der Waals surface area contributed by atoms with Crippen LogP contribution in [0.15, 0.2) is 30.7 Å². The molecule has 2 aromatic rings. The molecular weight excluding hydrogens is 202 g/mol. The van der Waals surface area contributed by atoms with Gasteiger partial charge >= 0.3 is 0 Å². The minimum absolute atomic E-state index is 0.145. The number of anilines is 2. The van der Waals surface area contributed by atoms with E-state index in [0.29, 0.717) is 5.69 Å². The van der Waals surface area contributed by atoms with Crippen LogP contribution in [0.25, 0.3) is 0 Å². The van der Waals surface area contributed by atoms with E-state index >= 15 is 0 Å². The van der Waals surface area contributed by atoms with Crippen molar-refractivity contribution in [2.75, 3.05) is 11.1 Å². The maximum Gasteiger partial charge on any atom is 0.128 e. The summed E-state index contributed by atoms with van der Waals surface area (Å²) in [5.41, 5.74) is 6.24. The number of aromatic amines is 1. The summed E-state index contributed by atoms with van der Waals surface area (Å²) >= 11 is 0. The largest absolute Gasteiger partial charge is 0.397 e. The summed E-state index contributed by atoms with van der Waals surface area (Å²) in [6.45, 7) is 2.09. The second-order valence-corrected chi connectivity index (χ2v) is 3.56. The zero-order valence-corrected chi connectivity index (χ0v) is 9.14. The second-order valence-electron chi connectivity index (χ2n) is 3.56.